The van der Waals surface area contributed by atoms with E-state index in [1.54, 1.807) is 24.5 Å². The predicted molar refractivity (Wildman–Crippen MR) is 95.6 cm³/mol. The van der Waals surface area contributed by atoms with Crippen LogP contribution in [0.3, 0.4) is 0 Å². The molecule has 2 aromatic heterocycles. The van der Waals surface area contributed by atoms with Crippen molar-refractivity contribution >= 4 is 5.91 Å². The van der Waals surface area contributed by atoms with Crippen LogP contribution in [0.4, 0.5) is 0 Å². The third-order valence-electron chi connectivity index (χ3n) is 5.25. The second-order valence-electron chi connectivity index (χ2n) is 7.08. The van der Waals surface area contributed by atoms with E-state index in [-0.39, 0.29) is 11.5 Å². The molecule has 0 aromatic carbocycles. The van der Waals surface area contributed by atoms with E-state index < -0.39 is 0 Å². The maximum atomic E-state index is 12.5. The standard InChI is InChI=1S/C20H23N3O3/c1-15-3-2-4-18(22-15)12-25-11-17-7-10-26-20(17)13-23(14-20)19(24)16-5-8-21-9-6-16/h2-6,8-9,17H,7,10-14H2,1H3/t17-/m0/s1. The van der Waals surface area contributed by atoms with Gasteiger partial charge in [0.1, 0.15) is 5.60 Å². The molecule has 4 rings (SSSR count). The lowest BCUT2D eigenvalue weighted by molar-refractivity contribution is -0.129. The van der Waals surface area contributed by atoms with Crippen LogP contribution in [-0.2, 0) is 16.1 Å². The van der Waals surface area contributed by atoms with Gasteiger partial charge in [-0.25, -0.2) is 0 Å². The van der Waals surface area contributed by atoms with Gasteiger partial charge >= 0.3 is 0 Å². The summed E-state index contributed by atoms with van der Waals surface area (Å²) in [6.45, 7) is 5.11. The summed E-state index contributed by atoms with van der Waals surface area (Å²) in [5, 5.41) is 0. The van der Waals surface area contributed by atoms with Gasteiger partial charge in [-0.2, -0.15) is 0 Å². The molecule has 4 heterocycles. The van der Waals surface area contributed by atoms with Crippen molar-refractivity contribution in [3.05, 3.63) is 59.7 Å². The molecule has 2 aromatic rings. The van der Waals surface area contributed by atoms with Crippen molar-refractivity contribution in [2.24, 2.45) is 5.92 Å². The van der Waals surface area contributed by atoms with Crippen molar-refractivity contribution in [1.82, 2.24) is 14.9 Å². The zero-order valence-electron chi connectivity index (χ0n) is 14.9. The Kier molecular flexibility index (Phi) is 4.70. The summed E-state index contributed by atoms with van der Waals surface area (Å²) in [7, 11) is 0. The van der Waals surface area contributed by atoms with E-state index in [0.29, 0.717) is 37.8 Å². The molecule has 136 valence electrons. The van der Waals surface area contributed by atoms with Crippen molar-refractivity contribution in [3.63, 3.8) is 0 Å². The van der Waals surface area contributed by atoms with Gasteiger partial charge in [0.05, 0.1) is 32.0 Å². The third-order valence-corrected chi connectivity index (χ3v) is 5.25. The number of nitrogens with zero attached hydrogens (tertiary/aromatic N) is 3. The summed E-state index contributed by atoms with van der Waals surface area (Å²) < 4.78 is 11.9. The smallest absolute Gasteiger partial charge is 0.254 e. The van der Waals surface area contributed by atoms with E-state index in [0.717, 1.165) is 24.4 Å². The molecule has 0 N–H and O–H groups in total. The molecule has 26 heavy (non-hydrogen) atoms. The molecule has 0 saturated carbocycles. The first-order valence-corrected chi connectivity index (χ1v) is 9.00. The number of aryl methyl sites for hydroxylation is 1. The lowest BCUT2D eigenvalue weighted by Crippen LogP contribution is -2.66. The molecule has 1 amide bonds. The monoisotopic (exact) mass is 353 g/mol. The number of carbonyl (C=O) groups is 1. The van der Waals surface area contributed by atoms with Crippen molar-refractivity contribution in [1.29, 1.82) is 0 Å². The molecule has 2 aliphatic heterocycles. The number of hydrogen-bond acceptors (Lipinski definition) is 5. The Hall–Kier alpha value is -2.31. The summed E-state index contributed by atoms with van der Waals surface area (Å²) in [5.41, 5.74) is 2.37. The average molecular weight is 353 g/mol. The topological polar surface area (TPSA) is 64.6 Å². The van der Waals surface area contributed by atoms with Crippen molar-refractivity contribution < 1.29 is 14.3 Å². The lowest BCUT2D eigenvalue weighted by Gasteiger charge is -2.50. The quantitative estimate of drug-likeness (QED) is 0.825. The molecule has 0 unspecified atom stereocenters. The molecular weight excluding hydrogens is 330 g/mol. The van der Waals surface area contributed by atoms with Crippen molar-refractivity contribution in [2.75, 3.05) is 26.3 Å². The van der Waals surface area contributed by atoms with E-state index in [2.05, 4.69) is 9.97 Å². The van der Waals surface area contributed by atoms with Gasteiger partial charge in [0.2, 0.25) is 0 Å². The van der Waals surface area contributed by atoms with Crippen molar-refractivity contribution in [3.8, 4) is 0 Å². The number of likely N-dealkylation sites (tertiary alicyclic amines) is 1. The fourth-order valence-electron chi connectivity index (χ4n) is 3.78. The molecular formula is C20H23N3O3. The van der Waals surface area contributed by atoms with Crippen LogP contribution >= 0.6 is 0 Å². The SMILES string of the molecule is Cc1cccc(COC[C@@H]2CCOC23CN(C(=O)c2ccncc2)C3)n1. The first-order valence-electron chi connectivity index (χ1n) is 9.00. The van der Waals surface area contributed by atoms with Gasteiger partial charge in [-0.3, -0.25) is 14.8 Å². The van der Waals surface area contributed by atoms with Gasteiger partial charge in [-0.1, -0.05) is 6.07 Å². The van der Waals surface area contributed by atoms with E-state index in [1.165, 1.54) is 0 Å². The van der Waals surface area contributed by atoms with Gasteiger partial charge in [-0.05, 0) is 37.6 Å². The molecule has 2 saturated heterocycles. The summed E-state index contributed by atoms with van der Waals surface area (Å²) in [6.07, 6.45) is 4.26. The summed E-state index contributed by atoms with van der Waals surface area (Å²) in [5.74, 6) is 0.353. The van der Waals surface area contributed by atoms with Crippen LogP contribution in [0.1, 0.15) is 28.2 Å². The highest BCUT2D eigenvalue weighted by Gasteiger charge is 2.54. The Labute approximate surface area is 153 Å². The Balaban J connectivity index is 1.31. The summed E-state index contributed by atoms with van der Waals surface area (Å²) in [4.78, 5) is 22.8. The minimum absolute atomic E-state index is 0.0390. The van der Waals surface area contributed by atoms with E-state index >= 15 is 0 Å². The Morgan fingerprint density at radius 1 is 1.31 bits per heavy atom. The van der Waals surface area contributed by atoms with Crippen LogP contribution in [0, 0.1) is 12.8 Å². The highest BCUT2D eigenvalue weighted by molar-refractivity contribution is 5.94. The minimum Gasteiger partial charge on any atom is -0.375 e. The number of carbonyl (C=O) groups excluding carboxylic acids is 1. The van der Waals surface area contributed by atoms with Crippen LogP contribution in [0.2, 0.25) is 0 Å². The van der Waals surface area contributed by atoms with Gasteiger partial charge in [0.15, 0.2) is 0 Å². The molecule has 2 fully saturated rings. The number of ether oxygens (including phenoxy) is 2. The molecule has 0 aliphatic carbocycles. The normalized spacial score (nSPS) is 21.0. The highest BCUT2D eigenvalue weighted by Crippen LogP contribution is 2.40. The molecule has 0 bridgehead atoms. The fourth-order valence-corrected chi connectivity index (χ4v) is 3.78. The minimum atomic E-state index is -0.247. The molecule has 1 atom stereocenters. The molecule has 0 radical (unpaired) electrons. The van der Waals surface area contributed by atoms with Crippen LogP contribution in [0.5, 0.6) is 0 Å². The molecule has 6 nitrogen and oxygen atoms in total. The zero-order chi connectivity index (χ0) is 18.0. The second kappa shape index (κ2) is 7.13. The Morgan fingerprint density at radius 3 is 2.88 bits per heavy atom. The molecule has 6 heteroatoms. The van der Waals surface area contributed by atoms with Gasteiger partial charge in [-0.15, -0.1) is 0 Å². The molecule has 2 aliphatic rings. The van der Waals surface area contributed by atoms with E-state index in [4.69, 9.17) is 9.47 Å². The van der Waals surface area contributed by atoms with Crippen LogP contribution < -0.4 is 0 Å². The van der Waals surface area contributed by atoms with Gasteiger partial charge in [0.25, 0.3) is 5.91 Å². The fraction of sp³-hybridized carbons (Fsp3) is 0.450. The summed E-state index contributed by atoms with van der Waals surface area (Å²) in [6, 6.07) is 9.45. The Bertz CT molecular complexity index is 775. The first-order chi connectivity index (χ1) is 12.7. The highest BCUT2D eigenvalue weighted by atomic mass is 16.5. The predicted octanol–water partition coefficient (Wildman–Crippen LogP) is 2.23. The van der Waals surface area contributed by atoms with Crippen LogP contribution in [-0.4, -0.2) is 52.7 Å². The molecule has 1 spiro atoms. The largest absolute Gasteiger partial charge is 0.375 e. The lowest BCUT2D eigenvalue weighted by atomic mass is 9.81. The third kappa shape index (κ3) is 3.34. The van der Waals surface area contributed by atoms with Crippen LogP contribution in [0.15, 0.2) is 42.7 Å². The van der Waals surface area contributed by atoms with Crippen LogP contribution in [0.25, 0.3) is 0 Å². The van der Waals surface area contributed by atoms with Crippen molar-refractivity contribution in [2.45, 2.75) is 25.6 Å². The first kappa shape index (κ1) is 17.1. The zero-order valence-corrected chi connectivity index (χ0v) is 14.9. The number of pyridine rings is 2. The maximum Gasteiger partial charge on any atom is 0.254 e. The van der Waals surface area contributed by atoms with E-state index in [1.807, 2.05) is 30.0 Å². The average Bonchev–Trinajstić information content (AvgIpc) is 3.05. The Morgan fingerprint density at radius 2 is 2.12 bits per heavy atom. The number of hydrogen-bond donors (Lipinski definition) is 0. The summed E-state index contributed by atoms with van der Waals surface area (Å²) >= 11 is 0. The van der Waals surface area contributed by atoms with E-state index in [9.17, 15) is 4.79 Å². The number of rotatable bonds is 5. The van der Waals surface area contributed by atoms with Gasteiger partial charge in [0, 0.05) is 36.2 Å². The second-order valence-corrected chi connectivity index (χ2v) is 7.08. The maximum absolute atomic E-state index is 12.5. The number of aromatic nitrogens is 2. The number of amides is 1. The van der Waals surface area contributed by atoms with Gasteiger partial charge < -0.3 is 14.4 Å².